The molecule has 0 heterocycles. The van der Waals surface area contributed by atoms with E-state index < -0.39 is 17.9 Å². The van der Waals surface area contributed by atoms with Gasteiger partial charge in [-0.3, -0.25) is 0 Å². The van der Waals surface area contributed by atoms with E-state index in [-0.39, 0.29) is 54.5 Å². The van der Waals surface area contributed by atoms with E-state index in [1.54, 1.807) is 0 Å². The molecule has 7 heteroatoms. The molecule has 0 N–H and O–H groups in total. The molecule has 0 rings (SSSR count). The molecule has 0 radical (unpaired) electrons. The smallest absolute Gasteiger partial charge is 0.545 e. The third-order valence-corrected chi connectivity index (χ3v) is 1.05. The average molecular weight is 420 g/mol. The first kappa shape index (κ1) is 26.5. The van der Waals surface area contributed by atoms with E-state index in [0.717, 1.165) is 0 Å². The van der Waals surface area contributed by atoms with Crippen LogP contribution in [0.1, 0.15) is 20.8 Å². The molecule has 0 saturated carbocycles. The summed E-state index contributed by atoms with van der Waals surface area (Å²) in [5.74, 6) is -3.56. The van der Waals surface area contributed by atoms with Crippen LogP contribution < -0.4 is 15.3 Å². The zero-order valence-corrected chi connectivity index (χ0v) is 12.8. The number of aliphatic carboxylic acids is 3. The first-order chi connectivity index (χ1) is 7.93. The fourth-order valence-corrected chi connectivity index (χ4v) is 0. The van der Waals surface area contributed by atoms with Crippen LogP contribution in [-0.4, -0.2) is 17.9 Å². The van der Waals surface area contributed by atoms with Crippen LogP contribution in [0.15, 0.2) is 36.5 Å². The minimum atomic E-state index is -1.19. The molecular weight excluding hydrogens is 405 g/mol. The number of hydrogen-bond donors (Lipinski definition) is 0. The minimum Gasteiger partial charge on any atom is -0.545 e. The summed E-state index contributed by atoms with van der Waals surface area (Å²) in [5.41, 5.74) is 0.194. The van der Waals surface area contributed by atoms with E-state index in [1.807, 2.05) is 0 Å². The maximum atomic E-state index is 9.49. The molecule has 0 aliphatic heterocycles. The van der Waals surface area contributed by atoms with Crippen molar-refractivity contribution >= 4 is 17.9 Å². The Kier molecular flexibility index (Phi) is 20.8. The van der Waals surface area contributed by atoms with Crippen molar-refractivity contribution in [3.05, 3.63) is 36.5 Å². The van der Waals surface area contributed by atoms with Crippen molar-refractivity contribution in [1.82, 2.24) is 0 Å². The van der Waals surface area contributed by atoms with Crippen molar-refractivity contribution in [2.75, 3.05) is 0 Å². The van der Waals surface area contributed by atoms with Crippen molar-refractivity contribution in [2.45, 2.75) is 20.8 Å². The van der Waals surface area contributed by atoms with E-state index in [2.05, 4.69) is 19.7 Å². The third kappa shape index (κ3) is 31.6. The minimum absolute atomic E-state index is 0. The van der Waals surface area contributed by atoms with Gasteiger partial charge in [0, 0.05) is 0 Å². The molecule has 0 aliphatic rings. The van der Waals surface area contributed by atoms with E-state index in [9.17, 15) is 29.7 Å². The Balaban J connectivity index is -0.0000000865. The van der Waals surface area contributed by atoms with Gasteiger partial charge in [-0.1, -0.05) is 19.7 Å². The summed E-state index contributed by atoms with van der Waals surface area (Å²) in [6.45, 7) is 13.4. The van der Waals surface area contributed by atoms with Gasteiger partial charge in [-0.25, -0.2) is 0 Å². The Hall–Kier alpha value is -1.11. The van der Waals surface area contributed by atoms with Crippen LogP contribution >= 0.6 is 0 Å². The Bertz CT molecular complexity index is 277. The molecule has 0 fully saturated rings. The van der Waals surface area contributed by atoms with Gasteiger partial charge in [-0.15, -0.1) is 0 Å². The number of carbonyl (C=O) groups excluding carboxylic acids is 3. The summed E-state index contributed by atoms with van der Waals surface area (Å²) in [4.78, 5) is 28.5. The van der Waals surface area contributed by atoms with Gasteiger partial charge in [0.05, 0.1) is 17.9 Å². The quantitative estimate of drug-likeness (QED) is 0.383. The van der Waals surface area contributed by atoms with Crippen molar-refractivity contribution in [3.8, 4) is 0 Å². The number of rotatable bonds is 3. The molecule has 0 amide bonds. The SMILES string of the molecule is C=C(C)C(=O)[O-].C=C(C)C(=O)[O-].C=C(C)C(=O)[O-].[Ho+3]. The first-order valence-corrected chi connectivity index (χ1v) is 4.54. The zero-order chi connectivity index (χ0) is 15.5. The summed E-state index contributed by atoms with van der Waals surface area (Å²) in [6, 6.07) is 0. The second kappa shape index (κ2) is 14.9. The Morgan fingerprint density at radius 2 is 0.684 bits per heavy atom. The van der Waals surface area contributed by atoms with Crippen molar-refractivity contribution < 1.29 is 67.4 Å². The Morgan fingerprint density at radius 3 is 0.684 bits per heavy atom. The summed E-state index contributed by atoms with van der Waals surface area (Å²) >= 11 is 0. The first-order valence-electron chi connectivity index (χ1n) is 4.54. The Labute approximate surface area is 142 Å². The number of carboxylic acids is 3. The summed E-state index contributed by atoms with van der Waals surface area (Å²) < 4.78 is 0. The molecule has 0 unspecified atom stereocenters. The molecule has 0 bridgehead atoms. The monoisotopic (exact) mass is 420 g/mol. The fraction of sp³-hybridized carbons (Fsp3) is 0.250. The van der Waals surface area contributed by atoms with Crippen molar-refractivity contribution in [1.29, 1.82) is 0 Å². The van der Waals surface area contributed by atoms with Crippen LogP contribution in [0.25, 0.3) is 0 Å². The maximum absolute atomic E-state index is 9.49. The maximum Gasteiger partial charge on any atom is 3.00 e. The molecule has 0 aliphatic carbocycles. The van der Waals surface area contributed by atoms with Gasteiger partial charge < -0.3 is 29.7 Å². The van der Waals surface area contributed by atoms with Crippen LogP contribution in [0.2, 0.25) is 0 Å². The van der Waals surface area contributed by atoms with Crippen molar-refractivity contribution in [3.63, 3.8) is 0 Å². The number of carbonyl (C=O) groups is 3. The van der Waals surface area contributed by atoms with Gasteiger partial charge in [0.2, 0.25) is 0 Å². The molecule has 0 aromatic carbocycles. The molecule has 0 atom stereocenters. The predicted molar refractivity (Wildman–Crippen MR) is 59.5 cm³/mol. The van der Waals surface area contributed by atoms with Crippen LogP contribution in [0.4, 0.5) is 0 Å². The summed E-state index contributed by atoms with van der Waals surface area (Å²) in [7, 11) is 0. The van der Waals surface area contributed by atoms with E-state index >= 15 is 0 Å². The molecule has 0 spiro atoms. The summed E-state index contributed by atoms with van der Waals surface area (Å²) in [5, 5.41) is 28.5. The average Bonchev–Trinajstić information content (AvgIpc) is 2.18. The fourth-order valence-electron chi connectivity index (χ4n) is 0. The van der Waals surface area contributed by atoms with Crippen LogP contribution in [-0.2, 0) is 14.4 Å². The molecule has 19 heavy (non-hydrogen) atoms. The molecule has 0 saturated heterocycles. The van der Waals surface area contributed by atoms with Crippen molar-refractivity contribution in [2.24, 2.45) is 0 Å². The normalized spacial score (nSPS) is 7.11. The van der Waals surface area contributed by atoms with Crippen LogP contribution in [0, 0.1) is 37.7 Å². The molecule has 0 aromatic heterocycles. The topological polar surface area (TPSA) is 120 Å². The van der Waals surface area contributed by atoms with Gasteiger partial charge in [0.15, 0.2) is 0 Å². The predicted octanol–water partition coefficient (Wildman–Crippen LogP) is -2.06. The second-order valence-corrected chi connectivity index (χ2v) is 3.20. The molecule has 6 nitrogen and oxygen atoms in total. The molecular formula is C12H15HoO6. The van der Waals surface area contributed by atoms with Gasteiger partial charge in [0.1, 0.15) is 0 Å². The molecule has 0 aromatic rings. The van der Waals surface area contributed by atoms with E-state index in [1.165, 1.54) is 20.8 Å². The third-order valence-electron chi connectivity index (χ3n) is 1.05. The van der Waals surface area contributed by atoms with E-state index in [4.69, 9.17) is 0 Å². The molecule has 110 valence electrons. The number of hydrogen-bond acceptors (Lipinski definition) is 6. The standard InChI is InChI=1S/3C4H6O2.Ho/c3*1-3(2)4(5)6;/h3*1H2,2H3,(H,5,6);/q;;;+3/p-3. The Morgan fingerprint density at radius 1 is 0.632 bits per heavy atom. The van der Waals surface area contributed by atoms with Gasteiger partial charge in [0.25, 0.3) is 0 Å². The largest absolute Gasteiger partial charge is 3.00 e. The van der Waals surface area contributed by atoms with Gasteiger partial charge >= 0.3 is 37.7 Å². The second-order valence-electron chi connectivity index (χ2n) is 3.20. The van der Waals surface area contributed by atoms with Gasteiger partial charge in [-0.2, -0.15) is 0 Å². The van der Waals surface area contributed by atoms with E-state index in [0.29, 0.717) is 0 Å². The number of carboxylic acid groups (broad SMARTS) is 3. The van der Waals surface area contributed by atoms with Crippen LogP contribution in [0.5, 0.6) is 0 Å². The van der Waals surface area contributed by atoms with Gasteiger partial charge in [-0.05, 0) is 37.5 Å². The summed E-state index contributed by atoms with van der Waals surface area (Å²) in [6.07, 6.45) is 0. The zero-order valence-electron chi connectivity index (χ0n) is 10.9. The van der Waals surface area contributed by atoms with Crippen LogP contribution in [0.3, 0.4) is 0 Å².